The quantitative estimate of drug-likeness (QED) is 0.840. The number of carbonyl (C=O) groups is 1. The number of benzene rings is 1. The summed E-state index contributed by atoms with van der Waals surface area (Å²) >= 11 is 0. The average Bonchev–Trinajstić information content (AvgIpc) is 2.42. The lowest BCUT2D eigenvalue weighted by molar-refractivity contribution is 0.0828. The largest absolute Gasteiger partial charge is 0.399 e. The Hall–Kier alpha value is -1.71. The molecule has 116 valence electrons. The predicted molar refractivity (Wildman–Crippen MR) is 88.5 cm³/mol. The second-order valence-corrected chi connectivity index (χ2v) is 6.61. The summed E-state index contributed by atoms with van der Waals surface area (Å²) in [6.45, 7) is 4.63. The molecule has 4 nitrogen and oxygen atoms in total. The van der Waals surface area contributed by atoms with Crippen molar-refractivity contribution in [3.8, 4) is 0 Å². The van der Waals surface area contributed by atoms with Gasteiger partial charge in [-0.05, 0) is 49.3 Å². The van der Waals surface area contributed by atoms with Crippen LogP contribution in [0.25, 0.3) is 0 Å². The molecule has 0 radical (unpaired) electrons. The molecule has 1 aromatic carbocycles. The number of nitrogens with one attached hydrogen (secondary N) is 1. The molecule has 1 aromatic rings. The summed E-state index contributed by atoms with van der Waals surface area (Å²) in [6, 6.07) is 5.90. The van der Waals surface area contributed by atoms with E-state index in [1.54, 1.807) is 25.1 Å². The van der Waals surface area contributed by atoms with E-state index in [1.807, 2.05) is 12.1 Å². The number of nitrogens with two attached hydrogens (primary N) is 1. The highest BCUT2D eigenvalue weighted by Crippen LogP contribution is 2.32. The standard InChI is InChI=1S/C17H27N3O/c1-11-5-7-14(9-12(11)2)19-16-10-13(18)6-8-15(16)17(21)20(3)4/h6,8,10-12,14,19H,5,7,9,18H2,1-4H3. The van der Waals surface area contributed by atoms with Gasteiger partial charge in [-0.25, -0.2) is 0 Å². The Morgan fingerprint density at radius 3 is 2.57 bits per heavy atom. The van der Waals surface area contributed by atoms with E-state index >= 15 is 0 Å². The molecule has 1 amide bonds. The molecule has 0 saturated heterocycles. The minimum atomic E-state index is 0.00901. The molecule has 3 N–H and O–H groups in total. The maximum atomic E-state index is 12.3. The van der Waals surface area contributed by atoms with Gasteiger partial charge in [0.05, 0.1) is 5.56 Å². The predicted octanol–water partition coefficient (Wildman–Crippen LogP) is 3.21. The maximum absolute atomic E-state index is 12.3. The highest BCUT2D eigenvalue weighted by atomic mass is 16.2. The minimum absolute atomic E-state index is 0.00901. The fraction of sp³-hybridized carbons (Fsp3) is 0.588. The molecule has 1 aliphatic rings. The van der Waals surface area contributed by atoms with Crippen LogP contribution in [0.5, 0.6) is 0 Å². The zero-order valence-corrected chi connectivity index (χ0v) is 13.5. The van der Waals surface area contributed by atoms with Crippen LogP contribution in [-0.2, 0) is 0 Å². The Labute approximate surface area is 127 Å². The van der Waals surface area contributed by atoms with Gasteiger partial charge in [-0.3, -0.25) is 4.79 Å². The molecule has 4 heteroatoms. The van der Waals surface area contributed by atoms with Gasteiger partial charge in [-0.1, -0.05) is 13.8 Å². The van der Waals surface area contributed by atoms with Crippen molar-refractivity contribution in [2.45, 2.75) is 39.2 Å². The molecule has 0 aromatic heterocycles. The summed E-state index contributed by atoms with van der Waals surface area (Å²) in [7, 11) is 3.54. The summed E-state index contributed by atoms with van der Waals surface area (Å²) < 4.78 is 0. The van der Waals surface area contributed by atoms with E-state index in [-0.39, 0.29) is 5.91 Å². The molecule has 1 fully saturated rings. The Morgan fingerprint density at radius 2 is 1.95 bits per heavy atom. The van der Waals surface area contributed by atoms with E-state index in [9.17, 15) is 4.79 Å². The third-order valence-electron chi connectivity index (χ3n) is 4.64. The van der Waals surface area contributed by atoms with E-state index in [2.05, 4.69) is 19.2 Å². The third-order valence-corrected chi connectivity index (χ3v) is 4.64. The van der Waals surface area contributed by atoms with Gasteiger partial charge in [0.15, 0.2) is 0 Å². The van der Waals surface area contributed by atoms with Gasteiger partial charge in [0.25, 0.3) is 5.91 Å². The summed E-state index contributed by atoms with van der Waals surface area (Å²) in [5, 5.41) is 3.55. The Balaban J connectivity index is 2.19. The van der Waals surface area contributed by atoms with Gasteiger partial charge in [0, 0.05) is 31.5 Å². The van der Waals surface area contributed by atoms with Crippen molar-refractivity contribution in [3.05, 3.63) is 23.8 Å². The van der Waals surface area contributed by atoms with E-state index in [4.69, 9.17) is 5.73 Å². The SMILES string of the molecule is CC1CCC(Nc2cc(N)ccc2C(=O)N(C)C)CC1C. The van der Waals surface area contributed by atoms with Crippen molar-refractivity contribution in [1.82, 2.24) is 4.90 Å². The normalized spacial score (nSPS) is 25.4. The number of anilines is 2. The smallest absolute Gasteiger partial charge is 0.255 e. The zero-order chi connectivity index (χ0) is 15.6. The van der Waals surface area contributed by atoms with Crippen LogP contribution in [0.4, 0.5) is 11.4 Å². The van der Waals surface area contributed by atoms with Crippen LogP contribution in [0.15, 0.2) is 18.2 Å². The van der Waals surface area contributed by atoms with E-state index < -0.39 is 0 Å². The first-order valence-electron chi connectivity index (χ1n) is 7.76. The fourth-order valence-electron chi connectivity index (χ4n) is 3.01. The van der Waals surface area contributed by atoms with Gasteiger partial charge in [-0.15, -0.1) is 0 Å². The minimum Gasteiger partial charge on any atom is -0.399 e. The number of hydrogen-bond donors (Lipinski definition) is 2. The van der Waals surface area contributed by atoms with Crippen LogP contribution < -0.4 is 11.1 Å². The number of hydrogen-bond acceptors (Lipinski definition) is 3. The van der Waals surface area contributed by atoms with E-state index in [0.29, 0.717) is 23.2 Å². The number of carbonyl (C=O) groups excluding carboxylic acids is 1. The molecule has 3 atom stereocenters. The van der Waals surface area contributed by atoms with Gasteiger partial charge in [0.2, 0.25) is 0 Å². The molecule has 0 bridgehead atoms. The number of nitrogens with zero attached hydrogens (tertiary/aromatic N) is 1. The maximum Gasteiger partial charge on any atom is 0.255 e. The monoisotopic (exact) mass is 289 g/mol. The van der Waals surface area contributed by atoms with Crippen molar-refractivity contribution in [1.29, 1.82) is 0 Å². The van der Waals surface area contributed by atoms with Gasteiger partial charge in [-0.2, -0.15) is 0 Å². The second kappa shape index (κ2) is 6.37. The van der Waals surface area contributed by atoms with E-state index in [0.717, 1.165) is 24.4 Å². The van der Waals surface area contributed by atoms with Crippen LogP contribution in [0.2, 0.25) is 0 Å². The summed E-state index contributed by atoms with van der Waals surface area (Å²) in [5.41, 5.74) is 8.13. The Morgan fingerprint density at radius 1 is 1.24 bits per heavy atom. The van der Waals surface area contributed by atoms with Gasteiger partial charge >= 0.3 is 0 Å². The molecular weight excluding hydrogens is 262 g/mol. The zero-order valence-electron chi connectivity index (χ0n) is 13.5. The molecule has 0 aliphatic heterocycles. The fourth-order valence-corrected chi connectivity index (χ4v) is 3.01. The van der Waals surface area contributed by atoms with Crippen LogP contribution in [0.1, 0.15) is 43.5 Å². The van der Waals surface area contributed by atoms with Crippen molar-refractivity contribution in [3.63, 3.8) is 0 Å². The lowest BCUT2D eigenvalue weighted by Crippen LogP contribution is -2.31. The van der Waals surface area contributed by atoms with Crippen LogP contribution >= 0.6 is 0 Å². The van der Waals surface area contributed by atoms with Crippen molar-refractivity contribution < 1.29 is 4.79 Å². The second-order valence-electron chi connectivity index (χ2n) is 6.61. The molecule has 21 heavy (non-hydrogen) atoms. The molecule has 0 heterocycles. The number of rotatable bonds is 3. The van der Waals surface area contributed by atoms with Crippen LogP contribution in [-0.4, -0.2) is 30.9 Å². The lowest BCUT2D eigenvalue weighted by Gasteiger charge is -2.33. The van der Waals surface area contributed by atoms with E-state index in [1.165, 1.54) is 6.42 Å². The van der Waals surface area contributed by atoms with Crippen molar-refractivity contribution >= 4 is 17.3 Å². The van der Waals surface area contributed by atoms with Crippen LogP contribution in [0, 0.1) is 11.8 Å². The number of nitrogen functional groups attached to an aromatic ring is 1. The molecule has 1 saturated carbocycles. The van der Waals surface area contributed by atoms with Crippen molar-refractivity contribution in [2.24, 2.45) is 11.8 Å². The summed E-state index contributed by atoms with van der Waals surface area (Å²) in [5.74, 6) is 1.51. The molecule has 1 aliphatic carbocycles. The molecular formula is C17H27N3O. The Kier molecular flexibility index (Phi) is 4.76. The first-order valence-corrected chi connectivity index (χ1v) is 7.76. The third kappa shape index (κ3) is 3.69. The molecule has 0 spiro atoms. The first-order chi connectivity index (χ1) is 9.88. The van der Waals surface area contributed by atoms with Crippen LogP contribution in [0.3, 0.4) is 0 Å². The van der Waals surface area contributed by atoms with Crippen molar-refractivity contribution in [2.75, 3.05) is 25.1 Å². The van der Waals surface area contributed by atoms with Gasteiger partial charge in [0.1, 0.15) is 0 Å². The highest BCUT2D eigenvalue weighted by molar-refractivity contribution is 6.00. The topological polar surface area (TPSA) is 58.4 Å². The molecule has 3 unspecified atom stereocenters. The number of amides is 1. The Bertz CT molecular complexity index is 513. The average molecular weight is 289 g/mol. The summed E-state index contributed by atoms with van der Waals surface area (Å²) in [4.78, 5) is 13.9. The summed E-state index contributed by atoms with van der Waals surface area (Å²) in [6.07, 6.45) is 3.53. The lowest BCUT2D eigenvalue weighted by atomic mass is 9.79. The van der Waals surface area contributed by atoms with Gasteiger partial charge < -0.3 is 16.0 Å². The highest BCUT2D eigenvalue weighted by Gasteiger charge is 2.25. The first kappa shape index (κ1) is 15.7. The molecule has 2 rings (SSSR count).